The first kappa shape index (κ1) is 12.1. The first-order valence-corrected chi connectivity index (χ1v) is 6.24. The van der Waals surface area contributed by atoms with Gasteiger partial charge in [-0.05, 0) is 41.1 Å². The van der Waals surface area contributed by atoms with E-state index >= 15 is 0 Å². The third-order valence-electron chi connectivity index (χ3n) is 2.47. The molecule has 0 aliphatic rings. The lowest BCUT2D eigenvalue weighted by molar-refractivity contribution is 0.469. The molecule has 0 unspecified atom stereocenters. The first-order valence-electron chi connectivity index (χ1n) is 5.45. The van der Waals surface area contributed by atoms with Gasteiger partial charge in [0.2, 0.25) is 0 Å². The van der Waals surface area contributed by atoms with Crippen molar-refractivity contribution in [3.8, 4) is 11.5 Å². The highest BCUT2D eigenvalue weighted by Gasteiger charge is 2.09. The normalized spacial score (nSPS) is 12.2. The molecular weight excluding hydrogens is 278 g/mol. The Hall–Kier alpha value is -1.32. The van der Waals surface area contributed by atoms with Crippen molar-refractivity contribution in [1.29, 1.82) is 0 Å². The number of hydrogen-bond acceptors (Lipinski definition) is 2. The third-order valence-corrected chi connectivity index (χ3v) is 3.12. The minimum atomic E-state index is -0.0475. The van der Waals surface area contributed by atoms with Crippen molar-refractivity contribution in [2.75, 3.05) is 0 Å². The summed E-state index contributed by atoms with van der Waals surface area (Å²) < 4.78 is 6.80. The summed E-state index contributed by atoms with van der Waals surface area (Å²) in [5, 5.41) is 0. The number of para-hydroxylation sites is 2. The van der Waals surface area contributed by atoms with E-state index in [9.17, 15) is 0 Å². The second-order valence-corrected chi connectivity index (χ2v) is 4.71. The molecule has 0 aliphatic carbocycles. The Morgan fingerprint density at radius 3 is 2.24 bits per heavy atom. The van der Waals surface area contributed by atoms with E-state index in [1.54, 1.807) is 0 Å². The van der Waals surface area contributed by atoms with Crippen molar-refractivity contribution in [3.05, 3.63) is 58.6 Å². The average Bonchev–Trinajstić information content (AvgIpc) is 2.32. The van der Waals surface area contributed by atoms with E-state index in [-0.39, 0.29) is 6.04 Å². The van der Waals surface area contributed by atoms with E-state index in [0.29, 0.717) is 0 Å². The molecule has 2 N–H and O–H groups in total. The summed E-state index contributed by atoms with van der Waals surface area (Å²) in [7, 11) is 0. The van der Waals surface area contributed by atoms with Crippen LogP contribution in [-0.2, 0) is 0 Å². The molecule has 0 spiro atoms. The molecule has 0 aliphatic heterocycles. The van der Waals surface area contributed by atoms with E-state index in [2.05, 4.69) is 15.9 Å². The maximum Gasteiger partial charge on any atom is 0.141 e. The highest BCUT2D eigenvalue weighted by atomic mass is 79.9. The van der Waals surface area contributed by atoms with E-state index in [0.717, 1.165) is 21.5 Å². The molecule has 2 rings (SSSR count). The van der Waals surface area contributed by atoms with Gasteiger partial charge in [0.25, 0.3) is 0 Å². The lowest BCUT2D eigenvalue weighted by atomic mass is 10.1. The molecule has 0 fully saturated rings. The van der Waals surface area contributed by atoms with Crippen LogP contribution in [0.3, 0.4) is 0 Å². The smallest absolute Gasteiger partial charge is 0.141 e. The summed E-state index contributed by atoms with van der Waals surface area (Å²) in [5.74, 6) is 1.59. The number of halogens is 1. The van der Waals surface area contributed by atoms with Gasteiger partial charge in [0, 0.05) is 11.6 Å². The fourth-order valence-corrected chi connectivity index (χ4v) is 1.96. The van der Waals surface area contributed by atoms with E-state index < -0.39 is 0 Å². The maximum atomic E-state index is 5.91. The maximum absolute atomic E-state index is 5.91. The highest BCUT2D eigenvalue weighted by molar-refractivity contribution is 9.10. The van der Waals surface area contributed by atoms with Crippen molar-refractivity contribution in [2.24, 2.45) is 5.73 Å². The van der Waals surface area contributed by atoms with Crippen molar-refractivity contribution in [1.82, 2.24) is 0 Å². The molecule has 2 aromatic rings. The molecule has 0 aromatic heterocycles. The average molecular weight is 292 g/mol. The van der Waals surface area contributed by atoms with Gasteiger partial charge in [-0.1, -0.05) is 30.3 Å². The lowest BCUT2D eigenvalue weighted by Gasteiger charge is -2.14. The van der Waals surface area contributed by atoms with Crippen LogP contribution in [0.1, 0.15) is 18.5 Å². The number of benzene rings is 2. The van der Waals surface area contributed by atoms with Crippen molar-refractivity contribution in [2.45, 2.75) is 13.0 Å². The summed E-state index contributed by atoms with van der Waals surface area (Å²) >= 11 is 3.46. The van der Waals surface area contributed by atoms with Crippen LogP contribution >= 0.6 is 15.9 Å². The van der Waals surface area contributed by atoms with Crippen LogP contribution in [0.2, 0.25) is 0 Å². The quantitative estimate of drug-likeness (QED) is 0.917. The van der Waals surface area contributed by atoms with Gasteiger partial charge in [-0.3, -0.25) is 0 Å². The molecule has 0 saturated heterocycles. The van der Waals surface area contributed by atoms with Crippen LogP contribution in [-0.4, -0.2) is 0 Å². The molecule has 0 radical (unpaired) electrons. The Kier molecular flexibility index (Phi) is 3.82. The first-order chi connectivity index (χ1) is 8.18. The summed E-state index contributed by atoms with van der Waals surface area (Å²) in [6, 6.07) is 15.5. The fourth-order valence-electron chi connectivity index (χ4n) is 1.60. The number of ether oxygens (including phenoxy) is 1. The molecule has 17 heavy (non-hydrogen) atoms. The molecule has 3 heteroatoms. The molecule has 0 saturated carbocycles. The number of nitrogens with two attached hydrogens (primary N) is 1. The van der Waals surface area contributed by atoms with Gasteiger partial charge in [0.05, 0.1) is 4.47 Å². The van der Waals surface area contributed by atoms with Crippen LogP contribution in [0.5, 0.6) is 11.5 Å². The van der Waals surface area contributed by atoms with Crippen LogP contribution in [0.4, 0.5) is 0 Å². The zero-order valence-electron chi connectivity index (χ0n) is 9.56. The molecule has 88 valence electrons. The third kappa shape index (κ3) is 2.87. The van der Waals surface area contributed by atoms with Crippen molar-refractivity contribution < 1.29 is 4.74 Å². The summed E-state index contributed by atoms with van der Waals surface area (Å²) in [6.45, 7) is 1.95. The Balaban J connectivity index is 2.34. The van der Waals surface area contributed by atoms with Crippen LogP contribution in [0.25, 0.3) is 0 Å². The molecule has 0 amide bonds. The highest BCUT2D eigenvalue weighted by Crippen LogP contribution is 2.32. The Morgan fingerprint density at radius 2 is 1.59 bits per heavy atom. The zero-order valence-corrected chi connectivity index (χ0v) is 11.1. The predicted molar refractivity (Wildman–Crippen MR) is 73.3 cm³/mol. The minimum Gasteiger partial charge on any atom is -0.456 e. The van der Waals surface area contributed by atoms with Crippen LogP contribution < -0.4 is 10.5 Å². The molecule has 0 bridgehead atoms. The second kappa shape index (κ2) is 5.34. The fraction of sp³-hybridized carbons (Fsp3) is 0.143. The monoisotopic (exact) mass is 291 g/mol. The van der Waals surface area contributed by atoms with E-state index in [1.807, 2.05) is 55.5 Å². The van der Waals surface area contributed by atoms with Gasteiger partial charge in [0.1, 0.15) is 11.5 Å². The summed E-state index contributed by atoms with van der Waals surface area (Å²) in [5.41, 5.74) is 6.92. The Morgan fingerprint density at radius 1 is 1.00 bits per heavy atom. The van der Waals surface area contributed by atoms with Crippen molar-refractivity contribution >= 4 is 15.9 Å². The van der Waals surface area contributed by atoms with Gasteiger partial charge < -0.3 is 10.5 Å². The standard InChI is InChI=1S/C14H14BrNO/c1-10(16)11-6-2-4-8-13(11)17-14-9-5-3-7-12(14)15/h2-10H,16H2,1H3/t10-/m1/s1. The molecule has 2 aromatic carbocycles. The van der Waals surface area contributed by atoms with Gasteiger partial charge in [-0.25, -0.2) is 0 Å². The summed E-state index contributed by atoms with van der Waals surface area (Å²) in [6.07, 6.45) is 0. The lowest BCUT2D eigenvalue weighted by Crippen LogP contribution is -2.06. The largest absolute Gasteiger partial charge is 0.456 e. The van der Waals surface area contributed by atoms with Gasteiger partial charge in [-0.2, -0.15) is 0 Å². The second-order valence-electron chi connectivity index (χ2n) is 3.86. The Labute approximate surface area is 110 Å². The molecule has 1 atom stereocenters. The molecule has 0 heterocycles. The van der Waals surface area contributed by atoms with Gasteiger partial charge in [-0.15, -0.1) is 0 Å². The minimum absolute atomic E-state index is 0.0475. The van der Waals surface area contributed by atoms with Gasteiger partial charge in [0.15, 0.2) is 0 Å². The zero-order chi connectivity index (χ0) is 12.3. The molecule has 2 nitrogen and oxygen atoms in total. The summed E-state index contributed by atoms with van der Waals surface area (Å²) in [4.78, 5) is 0. The topological polar surface area (TPSA) is 35.2 Å². The Bertz CT molecular complexity index is 511. The van der Waals surface area contributed by atoms with Crippen LogP contribution in [0.15, 0.2) is 53.0 Å². The number of hydrogen-bond donors (Lipinski definition) is 1. The number of rotatable bonds is 3. The van der Waals surface area contributed by atoms with Crippen molar-refractivity contribution in [3.63, 3.8) is 0 Å². The molecular formula is C14H14BrNO. The van der Waals surface area contributed by atoms with E-state index in [1.165, 1.54) is 0 Å². The van der Waals surface area contributed by atoms with Gasteiger partial charge >= 0.3 is 0 Å². The predicted octanol–water partition coefficient (Wildman–Crippen LogP) is 4.26. The van der Waals surface area contributed by atoms with E-state index in [4.69, 9.17) is 10.5 Å². The SMILES string of the molecule is C[C@@H](N)c1ccccc1Oc1ccccc1Br. The van der Waals surface area contributed by atoms with Crippen LogP contribution in [0, 0.1) is 0 Å².